The minimum atomic E-state index is -1.27. The summed E-state index contributed by atoms with van der Waals surface area (Å²) < 4.78 is 7.80. The van der Waals surface area contributed by atoms with Crippen LogP contribution in [0.5, 0.6) is 0 Å². The number of nitrogens with zero attached hydrogens (tertiary/aromatic N) is 6. The maximum Gasteiger partial charge on any atom is 0.290 e. The quantitative estimate of drug-likeness (QED) is 0.114. The van der Waals surface area contributed by atoms with Crippen molar-refractivity contribution in [1.82, 2.24) is 34.7 Å². The predicted molar refractivity (Wildman–Crippen MR) is 177 cm³/mol. The number of nitrogens with one attached hydrogen (secondary N) is 3. The molecule has 0 bridgehead atoms. The molecule has 8 N–H and O–H groups in total. The van der Waals surface area contributed by atoms with Gasteiger partial charge in [-0.1, -0.05) is 60.7 Å². The first-order chi connectivity index (χ1) is 23.4. The Labute approximate surface area is 276 Å². The lowest BCUT2D eigenvalue weighted by atomic mass is 9.91. The molecule has 48 heavy (non-hydrogen) atoms. The Morgan fingerprint density at radius 2 is 1.65 bits per heavy atom. The van der Waals surface area contributed by atoms with Crippen molar-refractivity contribution in [2.45, 2.75) is 75.1 Å². The summed E-state index contributed by atoms with van der Waals surface area (Å²) in [6.45, 7) is 2.06. The number of carboxylic acid groups (broad SMARTS) is 1. The molecule has 0 amide bonds. The van der Waals surface area contributed by atoms with Crippen molar-refractivity contribution in [1.29, 1.82) is 0 Å². The Morgan fingerprint density at radius 3 is 2.25 bits per heavy atom. The average molecular weight is 657 g/mol. The Morgan fingerprint density at radius 1 is 1.00 bits per heavy atom. The van der Waals surface area contributed by atoms with E-state index >= 15 is 0 Å². The average Bonchev–Trinajstić information content (AvgIpc) is 3.80. The topological polar surface area (TPSA) is 222 Å². The molecule has 1 aliphatic heterocycles. The van der Waals surface area contributed by atoms with Crippen molar-refractivity contribution >= 4 is 29.4 Å². The lowest BCUT2D eigenvalue weighted by molar-refractivity contribution is -0.122. The molecule has 1 saturated carbocycles. The molecular weight excluding hydrogens is 616 g/mol. The molecule has 2 aromatic carbocycles. The second kappa shape index (κ2) is 14.9. The fourth-order valence-electron chi connectivity index (χ4n) is 6.32. The number of carbonyl (C=O) groups is 1. The number of aliphatic hydroxyl groups excluding tert-OH is 2. The molecule has 252 valence electrons. The van der Waals surface area contributed by atoms with Crippen molar-refractivity contribution in [3.63, 3.8) is 0 Å². The van der Waals surface area contributed by atoms with Crippen LogP contribution in [0.4, 0.5) is 11.8 Å². The Kier molecular flexibility index (Phi) is 10.2. The van der Waals surface area contributed by atoms with Crippen LogP contribution >= 0.6 is 0 Å². The number of aromatic nitrogens is 7. The van der Waals surface area contributed by atoms with Gasteiger partial charge in [-0.05, 0) is 43.7 Å². The molecule has 7 rings (SSSR count). The summed E-state index contributed by atoms with van der Waals surface area (Å²) in [6, 6.07) is 21.1. The van der Waals surface area contributed by atoms with Crippen LogP contribution in [-0.4, -0.2) is 87.3 Å². The maximum absolute atomic E-state index is 11.1. The molecule has 1 saturated heterocycles. The molecule has 4 atom stereocenters. The van der Waals surface area contributed by atoms with Gasteiger partial charge in [0.25, 0.3) is 6.47 Å². The van der Waals surface area contributed by atoms with Gasteiger partial charge in [0.05, 0.1) is 6.33 Å². The van der Waals surface area contributed by atoms with E-state index in [-0.39, 0.29) is 30.3 Å². The largest absolute Gasteiger partial charge is 0.483 e. The standard InChI is InChI=1S/C32H38N10O3.CH2O2/c1-18-36-29(41-40-18)27-25(43)26(44)31(45-27)42-17-35-24-28(38-32(39-30(24)42)37-22-14-12-21(33)13-15-22)34-16-23(19-8-4-2-5-9-19)20-10-6-3-7-11-20;2-1-3/h2-11,17,21-23,25-27,31,43-44H,12-16,33H2,1H3,(H,36,40,41)(H2,34,37,38,39);1H,(H,2,3)/t21?,22?,25-,26+,27-,31+;/m0./s1. The third-order valence-electron chi connectivity index (χ3n) is 8.79. The molecule has 0 radical (unpaired) electrons. The normalized spacial score (nSPS) is 23.9. The highest BCUT2D eigenvalue weighted by Crippen LogP contribution is 2.39. The van der Waals surface area contributed by atoms with Crippen molar-refractivity contribution in [3.8, 4) is 0 Å². The Hall–Kier alpha value is -4.96. The summed E-state index contributed by atoms with van der Waals surface area (Å²) in [4.78, 5) is 27.1. The predicted octanol–water partition coefficient (Wildman–Crippen LogP) is 2.87. The molecule has 5 aromatic rings. The van der Waals surface area contributed by atoms with Crippen molar-refractivity contribution in [3.05, 3.63) is 89.8 Å². The first-order valence-electron chi connectivity index (χ1n) is 15.9. The second-order valence-corrected chi connectivity index (χ2v) is 12.0. The summed E-state index contributed by atoms with van der Waals surface area (Å²) in [6.07, 6.45) is 0.852. The Bertz CT molecular complexity index is 1740. The fraction of sp³-hybridized carbons (Fsp3) is 0.394. The van der Waals surface area contributed by atoms with Crippen molar-refractivity contribution < 1.29 is 24.9 Å². The van der Waals surface area contributed by atoms with E-state index in [1.807, 2.05) is 36.4 Å². The molecule has 15 nitrogen and oxygen atoms in total. The molecule has 4 heterocycles. The third kappa shape index (κ3) is 7.13. The minimum absolute atomic E-state index is 0.0523. The van der Waals surface area contributed by atoms with Crippen LogP contribution in [0.25, 0.3) is 11.2 Å². The first kappa shape index (κ1) is 33.0. The van der Waals surface area contributed by atoms with Crippen LogP contribution in [0.2, 0.25) is 0 Å². The van der Waals surface area contributed by atoms with Gasteiger partial charge in [-0.15, -0.1) is 0 Å². The zero-order valence-corrected chi connectivity index (χ0v) is 26.4. The third-order valence-corrected chi connectivity index (χ3v) is 8.79. The van der Waals surface area contributed by atoms with Crippen LogP contribution in [0, 0.1) is 6.92 Å². The van der Waals surface area contributed by atoms with E-state index in [2.05, 4.69) is 55.1 Å². The summed E-state index contributed by atoms with van der Waals surface area (Å²) in [5, 5.41) is 42.9. The lowest BCUT2D eigenvalue weighted by Crippen LogP contribution is -2.33. The van der Waals surface area contributed by atoms with Gasteiger partial charge in [-0.2, -0.15) is 15.1 Å². The zero-order valence-electron chi connectivity index (χ0n) is 26.4. The van der Waals surface area contributed by atoms with Gasteiger partial charge in [0.1, 0.15) is 18.0 Å². The van der Waals surface area contributed by atoms with Crippen LogP contribution < -0.4 is 16.4 Å². The number of benzene rings is 2. The highest BCUT2D eigenvalue weighted by molar-refractivity contribution is 5.84. The van der Waals surface area contributed by atoms with Gasteiger partial charge in [0, 0.05) is 24.5 Å². The molecule has 0 unspecified atom stereocenters. The zero-order chi connectivity index (χ0) is 33.6. The number of nitrogens with two attached hydrogens (primary N) is 1. The smallest absolute Gasteiger partial charge is 0.290 e. The fourth-order valence-corrected chi connectivity index (χ4v) is 6.32. The van der Waals surface area contributed by atoms with Crippen LogP contribution in [0.3, 0.4) is 0 Å². The highest BCUT2D eigenvalue weighted by atomic mass is 16.6. The number of anilines is 2. The minimum Gasteiger partial charge on any atom is -0.483 e. The number of fused-ring (bicyclic) bond motifs is 1. The Balaban J connectivity index is 0.00000129. The van der Waals surface area contributed by atoms with Gasteiger partial charge in [-0.25, -0.2) is 9.97 Å². The summed E-state index contributed by atoms with van der Waals surface area (Å²) in [7, 11) is 0. The van der Waals surface area contributed by atoms with E-state index in [0.29, 0.717) is 35.3 Å². The number of aryl methyl sites for hydroxylation is 1. The number of aliphatic hydroxyl groups is 2. The molecule has 1 aliphatic carbocycles. The van der Waals surface area contributed by atoms with Crippen LogP contribution in [-0.2, 0) is 9.53 Å². The highest BCUT2D eigenvalue weighted by Gasteiger charge is 2.47. The summed E-state index contributed by atoms with van der Waals surface area (Å²) in [5.41, 5.74) is 9.49. The summed E-state index contributed by atoms with van der Waals surface area (Å²) in [5.74, 6) is 1.90. The summed E-state index contributed by atoms with van der Waals surface area (Å²) >= 11 is 0. The van der Waals surface area contributed by atoms with E-state index in [1.165, 1.54) is 11.1 Å². The van der Waals surface area contributed by atoms with Gasteiger partial charge in [-0.3, -0.25) is 14.5 Å². The number of hydrogen-bond donors (Lipinski definition) is 7. The van der Waals surface area contributed by atoms with Crippen LogP contribution in [0.1, 0.15) is 66.7 Å². The van der Waals surface area contributed by atoms with E-state index in [4.69, 9.17) is 30.3 Å². The first-order valence-corrected chi connectivity index (χ1v) is 15.9. The van der Waals surface area contributed by atoms with E-state index in [0.717, 1.165) is 25.7 Å². The molecule has 2 aliphatic rings. The number of H-pyrrole nitrogens is 1. The number of hydrogen-bond acceptors (Lipinski definition) is 12. The molecule has 0 spiro atoms. The second-order valence-electron chi connectivity index (χ2n) is 12.0. The molecular formula is C33H40N10O5. The monoisotopic (exact) mass is 656 g/mol. The number of imidazole rings is 1. The van der Waals surface area contributed by atoms with Gasteiger partial charge in [0.2, 0.25) is 5.95 Å². The number of aromatic amines is 1. The number of ether oxygens (including phenoxy) is 1. The maximum atomic E-state index is 11.1. The van der Waals surface area contributed by atoms with Crippen molar-refractivity contribution in [2.75, 3.05) is 17.2 Å². The number of rotatable bonds is 9. The SMILES string of the molecule is Cc1nc([C@H]2O[C@@H](n3cnc4c(NCC(c5ccccc5)c5ccccc5)nc(NC5CCC(N)CC5)nc43)[C@H](O)[C@@H]2O)n[nH]1.O=CO. The van der Waals surface area contributed by atoms with Gasteiger partial charge >= 0.3 is 0 Å². The molecule has 2 fully saturated rings. The van der Waals surface area contributed by atoms with Gasteiger partial charge in [0.15, 0.2) is 35.1 Å². The molecule has 3 aromatic heterocycles. The lowest BCUT2D eigenvalue weighted by Gasteiger charge is -2.27. The van der Waals surface area contributed by atoms with E-state index in [9.17, 15) is 10.2 Å². The van der Waals surface area contributed by atoms with Crippen LogP contribution in [0.15, 0.2) is 67.0 Å². The van der Waals surface area contributed by atoms with Gasteiger partial charge < -0.3 is 36.4 Å². The van der Waals surface area contributed by atoms with E-state index in [1.54, 1.807) is 17.8 Å². The van der Waals surface area contributed by atoms with E-state index < -0.39 is 24.5 Å². The molecule has 15 heteroatoms. The van der Waals surface area contributed by atoms with Crippen molar-refractivity contribution in [2.24, 2.45) is 5.73 Å².